The number of ether oxygens (including phenoxy) is 1. The molecule has 0 aliphatic carbocycles. The van der Waals surface area contributed by atoms with Crippen LogP contribution in [0, 0.1) is 0 Å². The second kappa shape index (κ2) is 3.53. The third-order valence-corrected chi connectivity index (χ3v) is 1.54. The van der Waals surface area contributed by atoms with E-state index in [1.807, 2.05) is 0 Å². The standard InChI is InChI=1S/C8H14O3/c1-5-7(10)11-8(3,4)6(2)9/h5-6,9H,1H2,2-4H3. The summed E-state index contributed by atoms with van der Waals surface area (Å²) in [6.45, 7) is 8.09. The number of carbonyl (C=O) groups is 1. The van der Waals surface area contributed by atoms with Crippen LogP contribution in [0.3, 0.4) is 0 Å². The smallest absolute Gasteiger partial charge is 0.330 e. The van der Waals surface area contributed by atoms with Crippen LogP contribution in [0.4, 0.5) is 0 Å². The van der Waals surface area contributed by atoms with Crippen molar-refractivity contribution in [3.8, 4) is 0 Å². The van der Waals surface area contributed by atoms with E-state index in [0.717, 1.165) is 6.08 Å². The Bertz CT molecular complexity index is 159. The zero-order chi connectivity index (χ0) is 9.07. The van der Waals surface area contributed by atoms with Crippen molar-refractivity contribution in [1.82, 2.24) is 0 Å². The molecule has 3 heteroatoms. The van der Waals surface area contributed by atoms with Crippen molar-refractivity contribution in [2.75, 3.05) is 0 Å². The molecule has 0 saturated carbocycles. The normalized spacial score (nSPS) is 13.8. The molecule has 0 heterocycles. The lowest BCUT2D eigenvalue weighted by molar-refractivity contribution is -0.160. The zero-order valence-electron chi connectivity index (χ0n) is 7.13. The fraction of sp³-hybridized carbons (Fsp3) is 0.625. The average Bonchev–Trinajstić information content (AvgIpc) is 1.86. The third kappa shape index (κ3) is 3.18. The molecule has 0 rings (SSSR count). The van der Waals surface area contributed by atoms with E-state index in [1.54, 1.807) is 20.8 Å². The van der Waals surface area contributed by atoms with Crippen LogP contribution in [0.15, 0.2) is 12.7 Å². The lowest BCUT2D eigenvalue weighted by Crippen LogP contribution is -2.38. The minimum atomic E-state index is -0.842. The van der Waals surface area contributed by atoms with Crippen molar-refractivity contribution in [3.05, 3.63) is 12.7 Å². The van der Waals surface area contributed by atoms with E-state index < -0.39 is 17.7 Å². The summed E-state index contributed by atoms with van der Waals surface area (Å²) in [5, 5.41) is 9.11. The van der Waals surface area contributed by atoms with Crippen LogP contribution in [-0.4, -0.2) is 22.8 Å². The Morgan fingerprint density at radius 3 is 2.45 bits per heavy atom. The first kappa shape index (κ1) is 10.2. The van der Waals surface area contributed by atoms with Gasteiger partial charge in [0.05, 0.1) is 6.10 Å². The van der Waals surface area contributed by atoms with E-state index in [0.29, 0.717) is 0 Å². The minimum Gasteiger partial charge on any atom is -0.454 e. The summed E-state index contributed by atoms with van der Waals surface area (Å²) in [7, 11) is 0. The van der Waals surface area contributed by atoms with Crippen LogP contribution in [0.2, 0.25) is 0 Å². The molecule has 3 nitrogen and oxygen atoms in total. The molecule has 0 radical (unpaired) electrons. The van der Waals surface area contributed by atoms with Gasteiger partial charge >= 0.3 is 5.97 Å². The summed E-state index contributed by atoms with van der Waals surface area (Å²) >= 11 is 0. The van der Waals surface area contributed by atoms with E-state index in [4.69, 9.17) is 9.84 Å². The topological polar surface area (TPSA) is 46.5 Å². The van der Waals surface area contributed by atoms with E-state index >= 15 is 0 Å². The number of carbonyl (C=O) groups excluding carboxylic acids is 1. The SMILES string of the molecule is C=CC(=O)OC(C)(C)C(C)O. The number of aliphatic hydroxyl groups is 1. The second-order valence-corrected chi connectivity index (χ2v) is 2.90. The van der Waals surface area contributed by atoms with Crippen molar-refractivity contribution >= 4 is 5.97 Å². The van der Waals surface area contributed by atoms with Gasteiger partial charge in [-0.2, -0.15) is 0 Å². The largest absolute Gasteiger partial charge is 0.454 e. The predicted octanol–water partition coefficient (Wildman–Crippen LogP) is 0.875. The predicted molar refractivity (Wildman–Crippen MR) is 42.0 cm³/mol. The van der Waals surface area contributed by atoms with Crippen LogP contribution in [0.25, 0.3) is 0 Å². The monoisotopic (exact) mass is 158 g/mol. The molecule has 1 unspecified atom stereocenters. The summed E-state index contributed by atoms with van der Waals surface area (Å²) in [6, 6.07) is 0. The van der Waals surface area contributed by atoms with Crippen LogP contribution in [0.1, 0.15) is 20.8 Å². The molecule has 1 atom stereocenters. The summed E-state index contributed by atoms with van der Waals surface area (Å²) in [4.78, 5) is 10.7. The molecule has 11 heavy (non-hydrogen) atoms. The molecule has 0 saturated heterocycles. The van der Waals surface area contributed by atoms with E-state index in [-0.39, 0.29) is 0 Å². The molecule has 0 aliphatic rings. The number of hydrogen-bond donors (Lipinski definition) is 1. The van der Waals surface area contributed by atoms with Crippen molar-refractivity contribution in [3.63, 3.8) is 0 Å². The first-order valence-corrected chi connectivity index (χ1v) is 3.43. The Hall–Kier alpha value is -0.830. The summed E-state index contributed by atoms with van der Waals surface area (Å²) in [5.74, 6) is -0.518. The zero-order valence-corrected chi connectivity index (χ0v) is 7.13. The molecule has 0 spiro atoms. The van der Waals surface area contributed by atoms with Crippen LogP contribution in [-0.2, 0) is 9.53 Å². The fourth-order valence-corrected chi connectivity index (χ4v) is 0.386. The number of aliphatic hydroxyl groups excluding tert-OH is 1. The van der Waals surface area contributed by atoms with Gasteiger partial charge in [0.2, 0.25) is 0 Å². The molecule has 0 bridgehead atoms. The highest BCUT2D eigenvalue weighted by molar-refractivity contribution is 5.81. The van der Waals surface area contributed by atoms with Crippen molar-refractivity contribution in [2.24, 2.45) is 0 Å². The minimum absolute atomic E-state index is 0.518. The number of hydrogen-bond acceptors (Lipinski definition) is 3. The average molecular weight is 158 g/mol. The highest BCUT2D eigenvalue weighted by atomic mass is 16.6. The molecule has 0 aromatic rings. The van der Waals surface area contributed by atoms with Gasteiger partial charge in [-0.3, -0.25) is 0 Å². The van der Waals surface area contributed by atoms with Crippen molar-refractivity contribution in [1.29, 1.82) is 0 Å². The number of rotatable bonds is 3. The van der Waals surface area contributed by atoms with Gasteiger partial charge in [-0.1, -0.05) is 6.58 Å². The van der Waals surface area contributed by atoms with E-state index in [1.165, 1.54) is 0 Å². The first-order valence-electron chi connectivity index (χ1n) is 3.43. The van der Waals surface area contributed by atoms with E-state index in [9.17, 15) is 4.79 Å². The van der Waals surface area contributed by atoms with Gasteiger partial charge in [0.15, 0.2) is 0 Å². The maximum Gasteiger partial charge on any atom is 0.330 e. The molecule has 0 aromatic carbocycles. The maximum atomic E-state index is 10.7. The Morgan fingerprint density at radius 2 is 2.18 bits per heavy atom. The van der Waals surface area contributed by atoms with Crippen molar-refractivity contribution < 1.29 is 14.6 Å². The van der Waals surface area contributed by atoms with Crippen molar-refractivity contribution in [2.45, 2.75) is 32.5 Å². The van der Waals surface area contributed by atoms with Gasteiger partial charge < -0.3 is 9.84 Å². The van der Waals surface area contributed by atoms with Gasteiger partial charge in [0, 0.05) is 6.08 Å². The van der Waals surface area contributed by atoms with Crippen LogP contribution >= 0.6 is 0 Å². The molecule has 1 N–H and O–H groups in total. The van der Waals surface area contributed by atoms with Crippen LogP contribution in [0.5, 0.6) is 0 Å². The molecular formula is C8H14O3. The van der Waals surface area contributed by atoms with Gasteiger partial charge in [-0.25, -0.2) is 4.79 Å². The maximum absolute atomic E-state index is 10.7. The molecule has 0 fully saturated rings. The highest BCUT2D eigenvalue weighted by Gasteiger charge is 2.27. The Balaban J connectivity index is 4.11. The molecule has 0 amide bonds. The summed E-state index contributed by atoms with van der Waals surface area (Å²) in [5.41, 5.74) is -0.842. The van der Waals surface area contributed by atoms with Crippen LogP contribution < -0.4 is 0 Å². The third-order valence-electron chi connectivity index (χ3n) is 1.54. The quantitative estimate of drug-likeness (QED) is 0.489. The Morgan fingerprint density at radius 1 is 1.73 bits per heavy atom. The highest BCUT2D eigenvalue weighted by Crippen LogP contribution is 2.14. The first-order chi connectivity index (χ1) is 4.90. The second-order valence-electron chi connectivity index (χ2n) is 2.90. The fourth-order valence-electron chi connectivity index (χ4n) is 0.386. The lowest BCUT2D eigenvalue weighted by Gasteiger charge is -2.27. The summed E-state index contributed by atoms with van der Waals surface area (Å²) < 4.78 is 4.84. The van der Waals surface area contributed by atoms with E-state index in [2.05, 4.69) is 6.58 Å². The Kier molecular flexibility index (Phi) is 3.26. The molecule has 64 valence electrons. The lowest BCUT2D eigenvalue weighted by atomic mass is 10.0. The van der Waals surface area contributed by atoms with Gasteiger partial charge in [0.25, 0.3) is 0 Å². The van der Waals surface area contributed by atoms with Gasteiger partial charge in [0.1, 0.15) is 5.60 Å². The Labute approximate surface area is 66.7 Å². The number of esters is 1. The molecule has 0 aromatic heterocycles. The molecular weight excluding hydrogens is 144 g/mol. The van der Waals surface area contributed by atoms with Gasteiger partial charge in [-0.05, 0) is 20.8 Å². The molecule has 0 aliphatic heterocycles. The van der Waals surface area contributed by atoms with Gasteiger partial charge in [-0.15, -0.1) is 0 Å². The summed E-state index contributed by atoms with van der Waals surface area (Å²) in [6.07, 6.45) is 0.385.